The van der Waals surface area contributed by atoms with Crippen molar-refractivity contribution < 1.29 is 19.0 Å². The van der Waals surface area contributed by atoms with Gasteiger partial charge in [0.25, 0.3) is 0 Å². The van der Waals surface area contributed by atoms with E-state index in [-0.39, 0.29) is 16.9 Å². The van der Waals surface area contributed by atoms with Gasteiger partial charge in [-0.3, -0.25) is 0 Å². The highest BCUT2D eigenvalue weighted by molar-refractivity contribution is 8.02. The summed E-state index contributed by atoms with van der Waals surface area (Å²) < 4.78 is 27.0. The molecular formula is C14H10F2O2S. The Morgan fingerprint density at radius 3 is 2.79 bits per heavy atom. The predicted molar refractivity (Wildman–Crippen MR) is 70.0 cm³/mol. The summed E-state index contributed by atoms with van der Waals surface area (Å²) in [5.41, 5.74) is 0.987. The average molecular weight is 280 g/mol. The van der Waals surface area contributed by atoms with Gasteiger partial charge in [0, 0.05) is 21.8 Å². The van der Waals surface area contributed by atoms with Gasteiger partial charge in [-0.05, 0) is 29.9 Å². The fourth-order valence-corrected chi connectivity index (χ4v) is 3.26. The molecule has 1 aromatic carbocycles. The molecule has 5 heteroatoms. The molecule has 0 bridgehead atoms. The first-order valence-corrected chi connectivity index (χ1v) is 6.64. The molecule has 0 saturated heterocycles. The van der Waals surface area contributed by atoms with E-state index in [2.05, 4.69) is 0 Å². The number of allylic oxidation sites excluding steroid dienone is 2. The second-order valence-electron chi connectivity index (χ2n) is 4.39. The van der Waals surface area contributed by atoms with E-state index in [4.69, 9.17) is 0 Å². The zero-order valence-corrected chi connectivity index (χ0v) is 10.5. The summed E-state index contributed by atoms with van der Waals surface area (Å²) >= 11 is 1.25. The van der Waals surface area contributed by atoms with Crippen LogP contribution < -0.4 is 0 Å². The minimum atomic E-state index is -2.08. The van der Waals surface area contributed by atoms with Gasteiger partial charge in [0.15, 0.2) is 11.6 Å². The van der Waals surface area contributed by atoms with Gasteiger partial charge in [0.1, 0.15) is 0 Å². The van der Waals surface area contributed by atoms with Crippen molar-refractivity contribution >= 4 is 17.8 Å². The van der Waals surface area contributed by atoms with Crippen LogP contribution in [0.1, 0.15) is 11.1 Å². The topological polar surface area (TPSA) is 40.5 Å². The van der Waals surface area contributed by atoms with E-state index in [0.717, 1.165) is 6.07 Å². The molecule has 1 aliphatic carbocycles. The quantitative estimate of drug-likeness (QED) is 0.718. The molecule has 0 aromatic heterocycles. The van der Waals surface area contributed by atoms with Crippen LogP contribution in [0, 0.1) is 11.6 Å². The minimum Gasteiger partial charge on any atom is -0.359 e. The van der Waals surface area contributed by atoms with Crippen molar-refractivity contribution in [3.63, 3.8) is 0 Å². The van der Waals surface area contributed by atoms with Crippen LogP contribution in [0.4, 0.5) is 8.78 Å². The maximum atomic E-state index is 13.8. The van der Waals surface area contributed by atoms with Gasteiger partial charge in [-0.2, -0.15) is 0 Å². The molecule has 0 spiro atoms. The van der Waals surface area contributed by atoms with E-state index in [1.165, 1.54) is 36.1 Å². The van der Waals surface area contributed by atoms with Crippen LogP contribution in [0.5, 0.6) is 0 Å². The maximum absolute atomic E-state index is 13.8. The van der Waals surface area contributed by atoms with Crippen molar-refractivity contribution in [1.29, 1.82) is 0 Å². The summed E-state index contributed by atoms with van der Waals surface area (Å²) in [7, 11) is 0. The van der Waals surface area contributed by atoms with Crippen LogP contribution >= 0.6 is 11.8 Å². The number of hydrogen-bond donors (Lipinski definition) is 2. The molecule has 19 heavy (non-hydrogen) atoms. The predicted octanol–water partition coefficient (Wildman–Crippen LogP) is 2.73. The molecule has 0 fully saturated rings. The molecule has 98 valence electrons. The van der Waals surface area contributed by atoms with Gasteiger partial charge in [-0.15, -0.1) is 11.8 Å². The molecule has 0 unspecified atom stereocenters. The second-order valence-corrected chi connectivity index (χ2v) is 5.41. The van der Waals surface area contributed by atoms with Crippen LogP contribution in [0.2, 0.25) is 0 Å². The van der Waals surface area contributed by atoms with Gasteiger partial charge >= 0.3 is 0 Å². The third-order valence-corrected chi connectivity index (χ3v) is 4.24. The van der Waals surface area contributed by atoms with E-state index in [1.54, 1.807) is 6.08 Å². The van der Waals surface area contributed by atoms with Gasteiger partial charge in [0.05, 0.1) is 0 Å². The number of hydrogen-bond acceptors (Lipinski definition) is 3. The maximum Gasteiger partial charge on any atom is 0.211 e. The average Bonchev–Trinajstić information content (AvgIpc) is 2.55. The molecule has 0 amide bonds. The van der Waals surface area contributed by atoms with Crippen molar-refractivity contribution in [3.05, 3.63) is 63.6 Å². The first-order chi connectivity index (χ1) is 8.99. The lowest BCUT2D eigenvalue weighted by atomic mass is 9.96. The van der Waals surface area contributed by atoms with E-state index in [1.807, 2.05) is 0 Å². The Hall–Kier alpha value is -1.43. The normalized spacial score (nSPS) is 20.0. The van der Waals surface area contributed by atoms with Crippen LogP contribution in [0.3, 0.4) is 0 Å². The lowest BCUT2D eigenvalue weighted by Crippen LogP contribution is -2.29. The smallest absolute Gasteiger partial charge is 0.211 e. The first-order valence-electron chi connectivity index (χ1n) is 5.65. The highest BCUT2D eigenvalue weighted by Crippen LogP contribution is 2.41. The summed E-state index contributed by atoms with van der Waals surface area (Å²) in [4.78, 5) is 0.642. The Kier molecular flexibility index (Phi) is 2.85. The lowest BCUT2D eigenvalue weighted by Gasteiger charge is -2.25. The lowest BCUT2D eigenvalue weighted by molar-refractivity contribution is -0.0815. The number of rotatable bonds is 0. The molecule has 1 heterocycles. The largest absolute Gasteiger partial charge is 0.359 e. The summed E-state index contributed by atoms with van der Waals surface area (Å²) in [6.07, 6.45) is 5.99. The highest BCUT2D eigenvalue weighted by Gasteiger charge is 2.32. The standard InChI is InChI=1S/C14H10F2O2S/c15-11-4-3-8-6-10-12(2-1-5-14(10,17)18)19-7-9(8)13(11)16/h1-6,17-18H,7H2. The van der Waals surface area contributed by atoms with Crippen LogP contribution in [-0.2, 0) is 5.75 Å². The van der Waals surface area contributed by atoms with Crippen molar-refractivity contribution in [3.8, 4) is 0 Å². The molecule has 2 nitrogen and oxygen atoms in total. The molecule has 0 saturated carbocycles. The summed E-state index contributed by atoms with van der Waals surface area (Å²) in [6.45, 7) is 0. The van der Waals surface area contributed by atoms with E-state index in [0.29, 0.717) is 10.5 Å². The molecule has 3 rings (SSSR count). The van der Waals surface area contributed by atoms with Gasteiger partial charge in [-0.1, -0.05) is 12.1 Å². The summed E-state index contributed by atoms with van der Waals surface area (Å²) in [6, 6.07) is 2.48. The zero-order valence-electron chi connectivity index (χ0n) is 9.73. The fraction of sp³-hybridized carbons (Fsp3) is 0.143. The van der Waals surface area contributed by atoms with Gasteiger partial charge < -0.3 is 10.2 Å². The van der Waals surface area contributed by atoms with Crippen molar-refractivity contribution in [2.75, 3.05) is 0 Å². The van der Waals surface area contributed by atoms with Crippen molar-refractivity contribution in [2.24, 2.45) is 0 Å². The molecule has 2 N–H and O–H groups in total. The third-order valence-electron chi connectivity index (χ3n) is 3.14. The minimum absolute atomic E-state index is 0.239. The fourth-order valence-electron chi connectivity index (χ4n) is 2.13. The summed E-state index contributed by atoms with van der Waals surface area (Å²) in [5.74, 6) is -3.61. The van der Waals surface area contributed by atoms with E-state index >= 15 is 0 Å². The highest BCUT2D eigenvalue weighted by atomic mass is 32.2. The van der Waals surface area contributed by atoms with Gasteiger partial charge in [-0.25, -0.2) is 8.78 Å². The molecule has 1 aliphatic heterocycles. The van der Waals surface area contributed by atoms with Gasteiger partial charge in [0.2, 0.25) is 5.79 Å². The van der Waals surface area contributed by atoms with Crippen LogP contribution in [0.25, 0.3) is 6.08 Å². The number of benzene rings is 1. The molecule has 0 radical (unpaired) electrons. The Balaban J connectivity index is 2.20. The number of fused-ring (bicyclic) bond motifs is 2. The number of thioether (sulfide) groups is 1. The zero-order chi connectivity index (χ0) is 13.6. The monoisotopic (exact) mass is 280 g/mol. The number of halogens is 2. The molecule has 1 aromatic rings. The SMILES string of the molecule is OC1(O)C=CC=C2SCc3c(ccc(F)c3F)C=C21. The Bertz CT molecular complexity index is 645. The van der Waals surface area contributed by atoms with E-state index in [9.17, 15) is 19.0 Å². The second kappa shape index (κ2) is 4.30. The van der Waals surface area contributed by atoms with Crippen LogP contribution in [-0.4, -0.2) is 16.0 Å². The van der Waals surface area contributed by atoms with E-state index < -0.39 is 17.4 Å². The molecule has 0 atom stereocenters. The van der Waals surface area contributed by atoms with Crippen molar-refractivity contribution in [2.45, 2.75) is 11.5 Å². The summed E-state index contributed by atoms with van der Waals surface area (Å²) in [5, 5.41) is 19.8. The third kappa shape index (κ3) is 2.04. The first kappa shape index (κ1) is 12.6. The number of aliphatic hydroxyl groups is 2. The molecular weight excluding hydrogens is 270 g/mol. The Morgan fingerprint density at radius 2 is 2.00 bits per heavy atom. The molecule has 2 aliphatic rings. The van der Waals surface area contributed by atoms with Crippen LogP contribution in [0.15, 0.2) is 40.8 Å². The Morgan fingerprint density at radius 1 is 1.21 bits per heavy atom. The Labute approximate surface area is 112 Å². The van der Waals surface area contributed by atoms with Crippen molar-refractivity contribution in [1.82, 2.24) is 0 Å².